The van der Waals surface area contributed by atoms with Gasteiger partial charge in [0.2, 0.25) is 5.91 Å². The minimum atomic E-state index is -0.426. The maximum Gasteiger partial charge on any atom is 0.244 e. The molecule has 1 heterocycles. The first-order chi connectivity index (χ1) is 11.4. The SMILES string of the molecule is CC(C)Sc1ccc(C(C)NC(=O)/C=C/c2cncc(F)c2)cc1. The second-order valence-corrected chi connectivity index (χ2v) is 7.39. The van der Waals surface area contributed by atoms with E-state index < -0.39 is 5.82 Å². The summed E-state index contributed by atoms with van der Waals surface area (Å²) in [6.45, 7) is 6.24. The van der Waals surface area contributed by atoms with Crippen LogP contribution in [0.15, 0.2) is 53.7 Å². The van der Waals surface area contributed by atoms with Gasteiger partial charge < -0.3 is 5.32 Å². The molecule has 0 radical (unpaired) electrons. The first-order valence-electron chi connectivity index (χ1n) is 7.80. The van der Waals surface area contributed by atoms with Crippen molar-refractivity contribution in [2.45, 2.75) is 37.0 Å². The van der Waals surface area contributed by atoms with Gasteiger partial charge in [-0.2, -0.15) is 0 Å². The minimum absolute atomic E-state index is 0.106. The fourth-order valence-electron chi connectivity index (χ4n) is 2.14. The molecule has 0 aliphatic rings. The molecule has 2 rings (SSSR count). The molecule has 5 heteroatoms. The lowest BCUT2D eigenvalue weighted by Crippen LogP contribution is -2.24. The van der Waals surface area contributed by atoms with Gasteiger partial charge in [-0.1, -0.05) is 26.0 Å². The number of pyridine rings is 1. The van der Waals surface area contributed by atoms with E-state index in [1.54, 1.807) is 17.8 Å². The third-order valence-electron chi connectivity index (χ3n) is 3.26. The number of aromatic nitrogens is 1. The molecule has 1 N–H and O–H groups in total. The van der Waals surface area contributed by atoms with Gasteiger partial charge in [-0.3, -0.25) is 9.78 Å². The average molecular weight is 344 g/mol. The highest BCUT2D eigenvalue weighted by Crippen LogP contribution is 2.24. The first kappa shape index (κ1) is 18.2. The van der Waals surface area contributed by atoms with Crippen molar-refractivity contribution in [2.75, 3.05) is 0 Å². The molecule has 1 amide bonds. The second kappa shape index (κ2) is 8.64. The van der Waals surface area contributed by atoms with E-state index in [9.17, 15) is 9.18 Å². The van der Waals surface area contributed by atoms with Gasteiger partial charge in [-0.05, 0) is 42.3 Å². The van der Waals surface area contributed by atoms with Gasteiger partial charge in [0.1, 0.15) is 5.82 Å². The Hall–Kier alpha value is -2.14. The van der Waals surface area contributed by atoms with Crippen molar-refractivity contribution < 1.29 is 9.18 Å². The zero-order valence-corrected chi connectivity index (χ0v) is 14.8. The standard InChI is InChI=1S/C19H21FN2OS/c1-13(2)24-18-7-5-16(6-8-18)14(3)22-19(23)9-4-15-10-17(20)12-21-11-15/h4-14H,1-3H3,(H,22,23)/b9-4+. The number of thioether (sulfide) groups is 1. The molecule has 0 saturated heterocycles. The third-order valence-corrected chi connectivity index (χ3v) is 4.28. The topological polar surface area (TPSA) is 42.0 Å². The minimum Gasteiger partial charge on any atom is -0.346 e. The molecular weight excluding hydrogens is 323 g/mol. The lowest BCUT2D eigenvalue weighted by molar-refractivity contribution is -0.117. The van der Waals surface area contributed by atoms with E-state index in [4.69, 9.17) is 0 Å². The number of carbonyl (C=O) groups is 1. The van der Waals surface area contributed by atoms with Gasteiger partial charge in [0.15, 0.2) is 0 Å². The van der Waals surface area contributed by atoms with Crippen molar-refractivity contribution in [1.82, 2.24) is 10.3 Å². The maximum atomic E-state index is 13.0. The molecule has 0 spiro atoms. The summed E-state index contributed by atoms with van der Waals surface area (Å²) in [5, 5.41) is 3.43. The van der Waals surface area contributed by atoms with Crippen LogP contribution in [0, 0.1) is 5.82 Å². The summed E-state index contributed by atoms with van der Waals surface area (Å²) in [6, 6.07) is 9.40. The second-order valence-electron chi connectivity index (χ2n) is 5.74. The Labute approximate surface area is 146 Å². The number of nitrogens with zero attached hydrogens (tertiary/aromatic N) is 1. The van der Waals surface area contributed by atoms with Crippen LogP contribution < -0.4 is 5.32 Å². The van der Waals surface area contributed by atoms with Crippen molar-refractivity contribution in [3.63, 3.8) is 0 Å². The number of hydrogen-bond donors (Lipinski definition) is 1. The van der Waals surface area contributed by atoms with Crippen molar-refractivity contribution in [3.8, 4) is 0 Å². The molecule has 0 fully saturated rings. The van der Waals surface area contributed by atoms with Crippen molar-refractivity contribution in [2.24, 2.45) is 0 Å². The fourth-order valence-corrected chi connectivity index (χ4v) is 2.98. The molecule has 3 nitrogen and oxygen atoms in total. The third kappa shape index (κ3) is 5.81. The zero-order chi connectivity index (χ0) is 17.5. The van der Waals surface area contributed by atoms with Crippen LogP contribution >= 0.6 is 11.8 Å². The largest absolute Gasteiger partial charge is 0.346 e. The normalized spacial score (nSPS) is 12.5. The fraction of sp³-hybridized carbons (Fsp3) is 0.263. The molecule has 126 valence electrons. The van der Waals surface area contributed by atoms with Crippen molar-refractivity contribution in [3.05, 3.63) is 65.7 Å². The molecule has 0 aliphatic heterocycles. The van der Waals surface area contributed by atoms with Gasteiger partial charge in [0.25, 0.3) is 0 Å². The summed E-state index contributed by atoms with van der Waals surface area (Å²) in [5.74, 6) is -0.655. The first-order valence-corrected chi connectivity index (χ1v) is 8.68. The number of halogens is 1. The number of rotatable bonds is 6. The average Bonchev–Trinajstić information content (AvgIpc) is 2.53. The molecule has 24 heavy (non-hydrogen) atoms. The lowest BCUT2D eigenvalue weighted by Gasteiger charge is -2.14. The summed E-state index contributed by atoms with van der Waals surface area (Å²) in [4.78, 5) is 16.9. The summed E-state index contributed by atoms with van der Waals surface area (Å²) in [6.07, 6.45) is 5.55. The van der Waals surface area contributed by atoms with Crippen LogP contribution in [0.25, 0.3) is 6.08 Å². The van der Waals surface area contributed by atoms with Gasteiger partial charge in [-0.25, -0.2) is 4.39 Å². The highest BCUT2D eigenvalue weighted by atomic mass is 32.2. The Morgan fingerprint density at radius 1 is 1.21 bits per heavy atom. The van der Waals surface area contributed by atoms with E-state index in [-0.39, 0.29) is 11.9 Å². The van der Waals surface area contributed by atoms with Gasteiger partial charge in [-0.15, -0.1) is 11.8 Å². The smallest absolute Gasteiger partial charge is 0.244 e. The number of amides is 1. The van der Waals surface area contributed by atoms with E-state index in [0.29, 0.717) is 10.8 Å². The van der Waals surface area contributed by atoms with Gasteiger partial charge in [0.05, 0.1) is 12.2 Å². The number of benzene rings is 1. The van der Waals surface area contributed by atoms with Gasteiger partial charge >= 0.3 is 0 Å². The van der Waals surface area contributed by atoms with E-state index in [2.05, 4.69) is 36.3 Å². The number of nitrogens with one attached hydrogen (secondary N) is 1. The predicted octanol–water partition coefficient (Wildman–Crippen LogP) is 4.61. The monoisotopic (exact) mass is 344 g/mol. The molecule has 0 saturated carbocycles. The van der Waals surface area contributed by atoms with E-state index >= 15 is 0 Å². The molecule has 1 unspecified atom stereocenters. The summed E-state index contributed by atoms with van der Waals surface area (Å²) < 4.78 is 13.0. The van der Waals surface area contributed by atoms with Crippen LogP contribution in [0.1, 0.15) is 37.9 Å². The maximum absolute atomic E-state index is 13.0. The predicted molar refractivity (Wildman–Crippen MR) is 97.2 cm³/mol. The van der Waals surface area contributed by atoms with E-state index in [1.807, 2.05) is 19.1 Å². The van der Waals surface area contributed by atoms with Crippen LogP contribution in [0.3, 0.4) is 0 Å². The van der Waals surface area contributed by atoms with Crippen molar-refractivity contribution in [1.29, 1.82) is 0 Å². The quantitative estimate of drug-likeness (QED) is 0.614. The molecule has 1 aromatic carbocycles. The van der Waals surface area contributed by atoms with E-state index in [1.165, 1.54) is 23.2 Å². The molecule has 1 aromatic heterocycles. The highest BCUT2D eigenvalue weighted by molar-refractivity contribution is 7.99. The molecule has 0 bridgehead atoms. The Morgan fingerprint density at radius 3 is 2.54 bits per heavy atom. The summed E-state index contributed by atoms with van der Waals surface area (Å²) >= 11 is 1.80. The zero-order valence-electron chi connectivity index (χ0n) is 14.0. The Balaban J connectivity index is 1.93. The number of carbonyl (C=O) groups excluding carboxylic acids is 1. The Kier molecular flexibility index (Phi) is 6.55. The number of hydrogen-bond acceptors (Lipinski definition) is 3. The molecule has 2 aromatic rings. The van der Waals surface area contributed by atoms with Crippen LogP contribution in [0.5, 0.6) is 0 Å². The van der Waals surface area contributed by atoms with Crippen LogP contribution in [0.2, 0.25) is 0 Å². The Bertz CT molecular complexity index is 714. The summed E-state index contributed by atoms with van der Waals surface area (Å²) in [7, 11) is 0. The van der Waals surface area contributed by atoms with E-state index in [0.717, 1.165) is 11.8 Å². The molecule has 0 aliphatic carbocycles. The summed E-state index contributed by atoms with van der Waals surface area (Å²) in [5.41, 5.74) is 1.59. The molecular formula is C19H21FN2OS. The lowest BCUT2D eigenvalue weighted by atomic mass is 10.1. The highest BCUT2D eigenvalue weighted by Gasteiger charge is 2.08. The van der Waals surface area contributed by atoms with Crippen molar-refractivity contribution >= 4 is 23.7 Å². The van der Waals surface area contributed by atoms with Gasteiger partial charge in [0, 0.05) is 22.4 Å². The van der Waals surface area contributed by atoms with Crippen LogP contribution in [-0.4, -0.2) is 16.1 Å². The van der Waals surface area contributed by atoms with Crippen LogP contribution in [0.4, 0.5) is 4.39 Å². The Morgan fingerprint density at radius 2 is 1.92 bits per heavy atom. The molecule has 1 atom stereocenters. The van der Waals surface area contributed by atoms with Crippen LogP contribution in [-0.2, 0) is 4.79 Å².